The molecular formula is C17H16ClNO2. The van der Waals surface area contributed by atoms with Crippen molar-refractivity contribution in [2.24, 2.45) is 5.73 Å². The molecule has 21 heavy (non-hydrogen) atoms. The van der Waals surface area contributed by atoms with E-state index in [4.69, 9.17) is 22.1 Å². The van der Waals surface area contributed by atoms with Gasteiger partial charge in [-0.25, -0.2) is 4.79 Å². The maximum atomic E-state index is 11.0. The molecule has 2 aromatic rings. The van der Waals surface area contributed by atoms with Gasteiger partial charge in [-0.3, -0.25) is 0 Å². The van der Waals surface area contributed by atoms with Crippen LogP contribution in [0.5, 0.6) is 0 Å². The number of carbonyl (C=O) groups excluding carboxylic acids is 1. The summed E-state index contributed by atoms with van der Waals surface area (Å²) < 4.78 is 5.20. The number of amides is 1. The molecule has 108 valence electrons. The molecule has 4 heteroatoms. The average molecular weight is 302 g/mol. The highest BCUT2D eigenvalue weighted by atomic mass is 35.5. The summed E-state index contributed by atoms with van der Waals surface area (Å²) >= 11 is 6.25. The lowest BCUT2D eigenvalue weighted by molar-refractivity contribution is 0.0959. The van der Waals surface area contributed by atoms with E-state index in [9.17, 15) is 4.79 Å². The molecule has 0 bridgehead atoms. The number of rotatable bonds is 2. The van der Waals surface area contributed by atoms with Crippen LogP contribution in [-0.4, -0.2) is 6.09 Å². The summed E-state index contributed by atoms with van der Waals surface area (Å²) in [6.07, 6.45) is 1.83. The maximum Gasteiger partial charge on any atom is 0.405 e. The summed E-state index contributed by atoms with van der Waals surface area (Å²) in [5, 5.41) is 0.734. The van der Waals surface area contributed by atoms with Gasteiger partial charge in [-0.1, -0.05) is 48.0 Å². The molecule has 2 aromatic carbocycles. The Hall–Kier alpha value is -2.00. The van der Waals surface area contributed by atoms with Crippen molar-refractivity contribution in [3.8, 4) is 11.1 Å². The van der Waals surface area contributed by atoms with Crippen LogP contribution >= 0.6 is 11.6 Å². The predicted octanol–water partition coefficient (Wildman–Crippen LogP) is 4.48. The van der Waals surface area contributed by atoms with Gasteiger partial charge in [-0.15, -0.1) is 0 Å². The number of aryl methyl sites for hydroxylation is 1. The van der Waals surface area contributed by atoms with Crippen molar-refractivity contribution in [2.75, 3.05) is 0 Å². The molecule has 0 aliphatic heterocycles. The number of hydrogen-bond acceptors (Lipinski definition) is 2. The molecule has 3 rings (SSSR count). The van der Waals surface area contributed by atoms with Crippen molar-refractivity contribution >= 4 is 17.7 Å². The third kappa shape index (κ3) is 2.88. The van der Waals surface area contributed by atoms with E-state index in [-0.39, 0.29) is 6.10 Å². The van der Waals surface area contributed by atoms with E-state index in [1.165, 1.54) is 5.56 Å². The molecule has 1 amide bonds. The van der Waals surface area contributed by atoms with Crippen LogP contribution in [-0.2, 0) is 11.2 Å². The van der Waals surface area contributed by atoms with Gasteiger partial charge in [0.1, 0.15) is 6.10 Å². The topological polar surface area (TPSA) is 52.3 Å². The zero-order chi connectivity index (χ0) is 14.8. The minimum absolute atomic E-state index is 0.230. The number of nitrogens with two attached hydrogens (primary N) is 1. The van der Waals surface area contributed by atoms with Crippen LogP contribution in [0.2, 0.25) is 5.02 Å². The molecule has 1 aliphatic carbocycles. The number of ether oxygens (including phenoxy) is 1. The van der Waals surface area contributed by atoms with E-state index in [1.807, 2.05) is 36.4 Å². The van der Waals surface area contributed by atoms with Gasteiger partial charge in [0.05, 0.1) is 0 Å². The maximum absolute atomic E-state index is 11.0. The lowest BCUT2D eigenvalue weighted by Gasteiger charge is -2.25. The molecule has 3 nitrogen and oxygen atoms in total. The fourth-order valence-electron chi connectivity index (χ4n) is 2.90. The van der Waals surface area contributed by atoms with Crippen molar-refractivity contribution in [3.63, 3.8) is 0 Å². The zero-order valence-electron chi connectivity index (χ0n) is 11.5. The van der Waals surface area contributed by atoms with Gasteiger partial charge in [0.2, 0.25) is 0 Å². The van der Waals surface area contributed by atoms with Crippen LogP contribution in [0.15, 0.2) is 42.5 Å². The molecule has 0 spiro atoms. The molecule has 0 saturated carbocycles. The van der Waals surface area contributed by atoms with Gasteiger partial charge in [-0.05, 0) is 42.0 Å². The number of fused-ring (bicyclic) bond motifs is 1. The largest absolute Gasteiger partial charge is 0.442 e. The minimum atomic E-state index is -0.719. The molecule has 2 N–H and O–H groups in total. The van der Waals surface area contributed by atoms with E-state index < -0.39 is 6.09 Å². The highest BCUT2D eigenvalue weighted by Gasteiger charge is 2.23. The molecule has 0 aromatic heterocycles. The Morgan fingerprint density at radius 1 is 1.24 bits per heavy atom. The van der Waals surface area contributed by atoms with E-state index in [1.54, 1.807) is 0 Å². The normalized spacial score (nSPS) is 17.1. The van der Waals surface area contributed by atoms with Crippen molar-refractivity contribution in [2.45, 2.75) is 25.4 Å². The smallest absolute Gasteiger partial charge is 0.405 e. The molecule has 0 heterocycles. The molecule has 0 fully saturated rings. The minimum Gasteiger partial charge on any atom is -0.442 e. The van der Waals surface area contributed by atoms with Crippen LogP contribution in [0.1, 0.15) is 30.1 Å². The SMILES string of the molecule is NC(=O)OC1CCCc2cc(-c3ccccc3Cl)ccc21. The monoisotopic (exact) mass is 301 g/mol. The first kappa shape index (κ1) is 14.0. The molecule has 1 atom stereocenters. The van der Waals surface area contributed by atoms with E-state index >= 15 is 0 Å². The lowest BCUT2D eigenvalue weighted by Crippen LogP contribution is -2.20. The number of benzene rings is 2. The van der Waals surface area contributed by atoms with Gasteiger partial charge in [0.25, 0.3) is 0 Å². The highest BCUT2D eigenvalue weighted by Crippen LogP contribution is 2.36. The first-order valence-corrected chi connectivity index (χ1v) is 7.37. The summed E-state index contributed by atoms with van der Waals surface area (Å²) in [4.78, 5) is 11.0. The van der Waals surface area contributed by atoms with Crippen LogP contribution in [0, 0.1) is 0 Å². The Kier molecular flexibility index (Phi) is 3.84. The van der Waals surface area contributed by atoms with Crippen LogP contribution in [0.3, 0.4) is 0 Å². The number of halogens is 1. The number of primary amides is 1. The Balaban J connectivity index is 1.98. The zero-order valence-corrected chi connectivity index (χ0v) is 12.3. The second-order valence-corrected chi connectivity index (χ2v) is 5.62. The highest BCUT2D eigenvalue weighted by molar-refractivity contribution is 6.33. The van der Waals surface area contributed by atoms with Crippen molar-refractivity contribution in [1.82, 2.24) is 0 Å². The summed E-state index contributed by atoms with van der Waals surface area (Å²) in [5.74, 6) is 0. The Morgan fingerprint density at radius 2 is 2.05 bits per heavy atom. The molecule has 1 aliphatic rings. The van der Waals surface area contributed by atoms with Gasteiger partial charge in [-0.2, -0.15) is 0 Å². The van der Waals surface area contributed by atoms with Gasteiger partial charge in [0, 0.05) is 10.6 Å². The van der Waals surface area contributed by atoms with Gasteiger partial charge in [0.15, 0.2) is 0 Å². The number of hydrogen-bond donors (Lipinski definition) is 1. The van der Waals surface area contributed by atoms with E-state index in [2.05, 4.69) is 6.07 Å². The Bertz CT molecular complexity index is 684. The second kappa shape index (κ2) is 5.78. The Labute approximate surface area is 128 Å². The molecule has 0 radical (unpaired) electrons. The first-order chi connectivity index (χ1) is 10.1. The third-order valence-electron chi connectivity index (χ3n) is 3.85. The number of carbonyl (C=O) groups is 1. The summed E-state index contributed by atoms with van der Waals surface area (Å²) in [5.41, 5.74) is 9.49. The molecule has 0 saturated heterocycles. The Morgan fingerprint density at radius 3 is 2.81 bits per heavy atom. The standard InChI is InChI=1S/C17H16ClNO2/c18-15-6-2-1-5-13(15)12-8-9-14-11(10-12)4-3-7-16(14)21-17(19)20/h1-2,5-6,8-10,16H,3-4,7H2,(H2,19,20). The van der Waals surface area contributed by atoms with Crippen LogP contribution in [0.4, 0.5) is 4.79 Å². The van der Waals surface area contributed by atoms with Crippen LogP contribution < -0.4 is 5.73 Å². The molecule has 1 unspecified atom stereocenters. The fraction of sp³-hybridized carbons (Fsp3) is 0.235. The predicted molar refractivity (Wildman–Crippen MR) is 83.2 cm³/mol. The fourth-order valence-corrected chi connectivity index (χ4v) is 3.14. The summed E-state index contributed by atoms with van der Waals surface area (Å²) in [6.45, 7) is 0. The van der Waals surface area contributed by atoms with Gasteiger partial charge >= 0.3 is 6.09 Å². The van der Waals surface area contributed by atoms with Crippen LogP contribution in [0.25, 0.3) is 11.1 Å². The first-order valence-electron chi connectivity index (χ1n) is 6.99. The second-order valence-electron chi connectivity index (χ2n) is 5.21. The molecular weight excluding hydrogens is 286 g/mol. The van der Waals surface area contributed by atoms with Crippen molar-refractivity contribution in [3.05, 3.63) is 58.6 Å². The summed E-state index contributed by atoms with van der Waals surface area (Å²) in [6, 6.07) is 13.9. The van der Waals surface area contributed by atoms with E-state index in [0.717, 1.165) is 41.0 Å². The van der Waals surface area contributed by atoms with Crippen molar-refractivity contribution in [1.29, 1.82) is 0 Å². The lowest BCUT2D eigenvalue weighted by atomic mass is 9.87. The third-order valence-corrected chi connectivity index (χ3v) is 4.18. The summed E-state index contributed by atoms with van der Waals surface area (Å²) in [7, 11) is 0. The average Bonchev–Trinajstić information content (AvgIpc) is 2.47. The van der Waals surface area contributed by atoms with Crippen molar-refractivity contribution < 1.29 is 9.53 Å². The van der Waals surface area contributed by atoms with E-state index in [0.29, 0.717) is 0 Å². The quantitative estimate of drug-likeness (QED) is 0.889. The van der Waals surface area contributed by atoms with Gasteiger partial charge < -0.3 is 10.5 Å².